The minimum atomic E-state index is -0.442. The second-order valence-electron chi connectivity index (χ2n) is 8.69. The van der Waals surface area contributed by atoms with Crippen LogP contribution in [0, 0.1) is 5.82 Å². The summed E-state index contributed by atoms with van der Waals surface area (Å²) in [6.45, 7) is 0.236. The summed E-state index contributed by atoms with van der Waals surface area (Å²) in [4.78, 5) is 33.7. The minimum Gasteiger partial charge on any atom is -0.493 e. The van der Waals surface area contributed by atoms with Crippen molar-refractivity contribution in [3.8, 4) is 28.6 Å². The van der Waals surface area contributed by atoms with Crippen LogP contribution in [0.1, 0.15) is 11.1 Å². The van der Waals surface area contributed by atoms with Crippen molar-refractivity contribution in [2.75, 3.05) is 26.2 Å². The number of carbonyl (C=O) groups excluding carboxylic acids is 1. The number of hydrogen-bond donors (Lipinski definition) is 0. The van der Waals surface area contributed by atoms with Gasteiger partial charge in [-0.2, -0.15) is 9.50 Å². The molecule has 3 aromatic carbocycles. The molecule has 1 amide bonds. The average molecular weight is 545 g/mol. The number of ether oxygens (including phenoxy) is 3. The molecule has 0 fully saturated rings. The van der Waals surface area contributed by atoms with Gasteiger partial charge in [0.2, 0.25) is 10.7 Å². The van der Waals surface area contributed by atoms with Crippen molar-refractivity contribution in [2.45, 2.75) is 6.54 Å². The zero-order valence-electron chi connectivity index (χ0n) is 21.1. The molecule has 0 aliphatic carbocycles. The van der Waals surface area contributed by atoms with Crippen LogP contribution >= 0.6 is 11.3 Å². The number of anilines is 1. The Morgan fingerprint density at radius 3 is 2.26 bits per heavy atom. The number of para-hydroxylation sites is 1. The molecule has 1 aliphatic rings. The fourth-order valence-corrected chi connectivity index (χ4v) is 5.64. The number of carbonyl (C=O) groups is 1. The van der Waals surface area contributed by atoms with Crippen LogP contribution in [0.25, 0.3) is 21.9 Å². The van der Waals surface area contributed by atoms with Gasteiger partial charge in [0.25, 0.3) is 11.5 Å². The number of benzene rings is 3. The molecule has 3 heterocycles. The lowest BCUT2D eigenvalue weighted by Gasteiger charge is -2.17. The van der Waals surface area contributed by atoms with Gasteiger partial charge in [-0.05, 0) is 35.9 Å². The van der Waals surface area contributed by atoms with E-state index in [1.165, 1.54) is 38.0 Å². The molecule has 11 heteroatoms. The minimum absolute atomic E-state index is 0.236. The molecule has 1 aliphatic heterocycles. The Hall–Kier alpha value is -4.77. The van der Waals surface area contributed by atoms with Gasteiger partial charge >= 0.3 is 0 Å². The molecule has 196 valence electrons. The molecule has 0 bridgehead atoms. The predicted octanol–water partition coefficient (Wildman–Crippen LogP) is 3.45. The van der Waals surface area contributed by atoms with Crippen LogP contribution in [0.4, 0.5) is 10.1 Å². The van der Waals surface area contributed by atoms with Gasteiger partial charge in [-0.25, -0.2) is 4.39 Å². The number of methoxy groups -OCH3 is 3. The van der Waals surface area contributed by atoms with Crippen LogP contribution in [0.2, 0.25) is 0 Å². The predicted molar refractivity (Wildman–Crippen MR) is 144 cm³/mol. The second kappa shape index (κ2) is 9.52. The second-order valence-corrected chi connectivity index (χ2v) is 9.67. The highest BCUT2D eigenvalue weighted by molar-refractivity contribution is 7.15. The maximum absolute atomic E-state index is 13.7. The van der Waals surface area contributed by atoms with Crippen LogP contribution in [-0.4, -0.2) is 41.8 Å². The third-order valence-corrected chi connectivity index (χ3v) is 7.51. The van der Waals surface area contributed by atoms with E-state index in [1.807, 2.05) is 24.3 Å². The van der Waals surface area contributed by atoms with Gasteiger partial charge in [-0.15, -0.1) is 5.10 Å². The highest BCUT2D eigenvalue weighted by Crippen LogP contribution is 2.41. The SMILES string of the molecule is COc1cc(-c2nc3s/c(=C4\C(=O)N(Cc5ccc(F)cc5)c5ccccc54)c(=O)n3n2)cc(OC)c1OC. The first-order valence-corrected chi connectivity index (χ1v) is 12.6. The third-order valence-electron chi connectivity index (χ3n) is 6.48. The van der Waals surface area contributed by atoms with E-state index >= 15 is 0 Å². The van der Waals surface area contributed by atoms with Crippen molar-refractivity contribution in [1.82, 2.24) is 14.6 Å². The summed E-state index contributed by atoms with van der Waals surface area (Å²) in [6, 6.07) is 16.7. The van der Waals surface area contributed by atoms with E-state index in [9.17, 15) is 14.0 Å². The molecule has 0 radical (unpaired) electrons. The lowest BCUT2D eigenvalue weighted by molar-refractivity contribution is -0.113. The molecule has 0 saturated carbocycles. The van der Waals surface area contributed by atoms with Crippen molar-refractivity contribution < 1.29 is 23.4 Å². The monoisotopic (exact) mass is 544 g/mol. The molecular weight excluding hydrogens is 523 g/mol. The summed E-state index contributed by atoms with van der Waals surface area (Å²) in [6.07, 6.45) is 0. The number of aromatic nitrogens is 3. The van der Waals surface area contributed by atoms with Gasteiger partial charge in [0.15, 0.2) is 17.3 Å². The number of fused-ring (bicyclic) bond motifs is 2. The van der Waals surface area contributed by atoms with E-state index in [0.717, 1.165) is 16.9 Å². The molecule has 0 unspecified atom stereocenters. The Morgan fingerprint density at radius 2 is 1.62 bits per heavy atom. The lowest BCUT2D eigenvalue weighted by atomic mass is 10.1. The number of thiazole rings is 1. The normalized spacial score (nSPS) is 14.2. The first-order valence-electron chi connectivity index (χ1n) is 11.8. The van der Waals surface area contributed by atoms with E-state index < -0.39 is 5.56 Å². The Morgan fingerprint density at radius 1 is 0.923 bits per heavy atom. The summed E-state index contributed by atoms with van der Waals surface area (Å²) < 4.78 is 31.1. The van der Waals surface area contributed by atoms with Crippen LogP contribution in [-0.2, 0) is 11.3 Å². The molecule has 0 spiro atoms. The van der Waals surface area contributed by atoms with Crippen molar-refractivity contribution >= 4 is 33.5 Å². The Labute approximate surface area is 225 Å². The van der Waals surface area contributed by atoms with Crippen LogP contribution in [0.3, 0.4) is 0 Å². The van der Waals surface area contributed by atoms with Gasteiger partial charge in [0.05, 0.1) is 39.1 Å². The zero-order chi connectivity index (χ0) is 27.3. The molecule has 0 saturated heterocycles. The van der Waals surface area contributed by atoms with E-state index in [0.29, 0.717) is 50.4 Å². The average Bonchev–Trinajstić information content (AvgIpc) is 3.59. The molecule has 6 rings (SSSR count). The highest BCUT2D eigenvalue weighted by atomic mass is 32.1. The van der Waals surface area contributed by atoms with Gasteiger partial charge < -0.3 is 19.1 Å². The molecule has 0 N–H and O–H groups in total. The highest BCUT2D eigenvalue weighted by Gasteiger charge is 2.34. The van der Waals surface area contributed by atoms with Gasteiger partial charge in [-0.3, -0.25) is 9.59 Å². The Balaban J connectivity index is 1.46. The number of hydrogen-bond acceptors (Lipinski definition) is 8. The molecular formula is C28H21FN4O5S. The quantitative estimate of drug-likeness (QED) is 0.323. The molecule has 2 aromatic heterocycles. The Kier molecular flexibility index (Phi) is 5.99. The van der Waals surface area contributed by atoms with E-state index in [1.54, 1.807) is 29.2 Å². The van der Waals surface area contributed by atoms with E-state index in [4.69, 9.17) is 14.2 Å². The van der Waals surface area contributed by atoms with E-state index in [-0.39, 0.29) is 22.8 Å². The fourth-order valence-electron chi connectivity index (χ4n) is 4.65. The van der Waals surface area contributed by atoms with Crippen molar-refractivity contribution in [1.29, 1.82) is 0 Å². The summed E-state index contributed by atoms with van der Waals surface area (Å²) in [5.41, 5.74) is 2.52. The maximum atomic E-state index is 13.7. The first kappa shape index (κ1) is 24.6. The summed E-state index contributed by atoms with van der Waals surface area (Å²) >= 11 is 1.10. The van der Waals surface area contributed by atoms with E-state index in [2.05, 4.69) is 10.1 Å². The maximum Gasteiger partial charge on any atom is 0.291 e. The molecule has 39 heavy (non-hydrogen) atoms. The van der Waals surface area contributed by atoms with Crippen LogP contribution in [0.15, 0.2) is 65.5 Å². The number of nitrogens with zero attached hydrogens (tertiary/aromatic N) is 4. The first-order chi connectivity index (χ1) is 18.9. The fraction of sp³-hybridized carbons (Fsp3) is 0.143. The number of amides is 1. The topological polar surface area (TPSA) is 95.3 Å². The largest absolute Gasteiger partial charge is 0.493 e. The molecule has 0 atom stereocenters. The van der Waals surface area contributed by atoms with Crippen molar-refractivity contribution in [2.24, 2.45) is 0 Å². The lowest BCUT2D eigenvalue weighted by Crippen LogP contribution is -2.32. The van der Waals surface area contributed by atoms with Crippen LogP contribution < -0.4 is 29.2 Å². The van der Waals surface area contributed by atoms with Crippen LogP contribution in [0.5, 0.6) is 17.2 Å². The zero-order valence-corrected chi connectivity index (χ0v) is 21.9. The van der Waals surface area contributed by atoms with Crippen molar-refractivity contribution in [3.63, 3.8) is 0 Å². The summed E-state index contributed by atoms with van der Waals surface area (Å²) in [7, 11) is 4.53. The van der Waals surface area contributed by atoms with Gasteiger partial charge in [0.1, 0.15) is 10.3 Å². The number of rotatable bonds is 6. The standard InChI is InChI=1S/C28H21FN4O5S/c1-36-20-12-16(13-21(37-2)23(20)38-3)25-30-28-33(31-25)27(35)24(39-28)22-18-6-4-5-7-19(18)32(26(22)34)14-15-8-10-17(29)11-9-15/h4-13H,14H2,1-3H3/b24-22-. The smallest absolute Gasteiger partial charge is 0.291 e. The summed E-state index contributed by atoms with van der Waals surface area (Å²) in [5.74, 6) is 0.917. The molecule has 9 nitrogen and oxygen atoms in total. The van der Waals surface area contributed by atoms with Gasteiger partial charge in [0, 0.05) is 11.1 Å². The number of halogens is 1. The summed E-state index contributed by atoms with van der Waals surface area (Å²) in [5, 5.41) is 4.43. The third kappa shape index (κ3) is 3.98. The molecule has 5 aromatic rings. The van der Waals surface area contributed by atoms with Gasteiger partial charge in [-0.1, -0.05) is 41.7 Å². The van der Waals surface area contributed by atoms with Crippen molar-refractivity contribution in [3.05, 3.63) is 92.5 Å². The Bertz CT molecular complexity index is 1840.